The molecule has 0 aromatic carbocycles. The number of carbonyl (C=O) groups is 1. The number of amides is 1. The van der Waals surface area contributed by atoms with Gasteiger partial charge in [0.15, 0.2) is 5.82 Å². The molecule has 0 N–H and O–H groups in total. The molecule has 4 heterocycles. The van der Waals surface area contributed by atoms with Gasteiger partial charge < -0.3 is 14.2 Å². The number of ether oxygens (including phenoxy) is 1. The summed E-state index contributed by atoms with van der Waals surface area (Å²) < 4.78 is 10.7. The summed E-state index contributed by atoms with van der Waals surface area (Å²) in [6, 6.07) is 1.95. The van der Waals surface area contributed by atoms with Gasteiger partial charge in [-0.3, -0.25) is 4.79 Å². The van der Waals surface area contributed by atoms with Crippen LogP contribution in [0.2, 0.25) is 0 Å². The topological polar surface area (TPSA) is 81.4 Å². The molecule has 1 amide bonds. The zero-order chi connectivity index (χ0) is 18.8. The van der Waals surface area contributed by atoms with Gasteiger partial charge >= 0.3 is 0 Å². The van der Waals surface area contributed by atoms with Gasteiger partial charge in [-0.25, -0.2) is 9.97 Å². The third-order valence-electron chi connectivity index (χ3n) is 5.65. The first-order chi connectivity index (χ1) is 13.1. The van der Waals surface area contributed by atoms with E-state index in [0.29, 0.717) is 23.9 Å². The average Bonchev–Trinajstić information content (AvgIpc) is 3.29. The predicted octanol–water partition coefficient (Wildman–Crippen LogP) is 3.23. The first kappa shape index (κ1) is 18.1. The Morgan fingerprint density at radius 3 is 2.81 bits per heavy atom. The molecule has 2 aromatic rings. The summed E-state index contributed by atoms with van der Waals surface area (Å²) >= 11 is 0. The van der Waals surface area contributed by atoms with E-state index in [2.05, 4.69) is 10.1 Å². The summed E-state index contributed by atoms with van der Waals surface area (Å²) in [7, 11) is 0. The largest absolute Gasteiger partial charge is 0.381 e. The van der Waals surface area contributed by atoms with Crippen molar-refractivity contribution in [1.29, 1.82) is 0 Å². The summed E-state index contributed by atoms with van der Waals surface area (Å²) in [5, 5.41) is 4.00. The number of hydrogen-bond acceptors (Lipinski definition) is 6. The first-order valence-corrected chi connectivity index (χ1v) is 9.77. The van der Waals surface area contributed by atoms with Gasteiger partial charge in [0.2, 0.25) is 5.91 Å². The Bertz CT molecular complexity index is 794. The van der Waals surface area contributed by atoms with Crippen LogP contribution in [0.15, 0.2) is 16.8 Å². The minimum absolute atomic E-state index is 0.0274. The maximum Gasteiger partial charge on any atom is 0.223 e. The molecule has 0 bridgehead atoms. The van der Waals surface area contributed by atoms with E-state index in [4.69, 9.17) is 14.2 Å². The summed E-state index contributed by atoms with van der Waals surface area (Å²) in [5.41, 5.74) is 2.52. The molecule has 1 atom stereocenters. The Kier molecular flexibility index (Phi) is 5.20. The van der Waals surface area contributed by atoms with Gasteiger partial charge in [0.05, 0.1) is 23.0 Å². The molecule has 7 heteroatoms. The molecule has 7 nitrogen and oxygen atoms in total. The molecule has 144 valence electrons. The van der Waals surface area contributed by atoms with Gasteiger partial charge in [-0.2, -0.15) is 0 Å². The monoisotopic (exact) mass is 370 g/mol. The number of hydrogen-bond donors (Lipinski definition) is 0. The van der Waals surface area contributed by atoms with Crippen molar-refractivity contribution < 1.29 is 14.1 Å². The molecule has 2 aromatic heterocycles. The highest BCUT2D eigenvalue weighted by molar-refractivity contribution is 5.77. The third-order valence-corrected chi connectivity index (χ3v) is 5.65. The van der Waals surface area contributed by atoms with E-state index in [1.165, 1.54) is 0 Å². The lowest BCUT2D eigenvalue weighted by molar-refractivity contribution is -0.133. The van der Waals surface area contributed by atoms with Gasteiger partial charge in [-0.05, 0) is 51.5 Å². The molecule has 27 heavy (non-hydrogen) atoms. The highest BCUT2D eigenvalue weighted by Crippen LogP contribution is 2.34. The van der Waals surface area contributed by atoms with Crippen molar-refractivity contribution in [3.05, 3.63) is 29.4 Å². The standard InChI is InChI=1S/C20H26N4O3/c1-13-19(14(2)27-23-13)20-21-8-5-16(22-20)17-4-3-9-24(17)18(25)12-15-6-10-26-11-7-15/h5,8,15,17H,3-4,6-7,9-12H2,1-2H3/t17-/m0/s1. The molecular weight excluding hydrogens is 344 g/mol. The average molecular weight is 370 g/mol. The number of nitrogens with zero attached hydrogens (tertiary/aromatic N) is 4. The quantitative estimate of drug-likeness (QED) is 0.822. The van der Waals surface area contributed by atoms with E-state index < -0.39 is 0 Å². The van der Waals surface area contributed by atoms with Gasteiger partial charge in [0.25, 0.3) is 0 Å². The van der Waals surface area contributed by atoms with Gasteiger partial charge in [-0.1, -0.05) is 5.16 Å². The van der Waals surface area contributed by atoms with Crippen molar-refractivity contribution in [2.24, 2.45) is 5.92 Å². The molecule has 0 saturated carbocycles. The molecule has 2 aliphatic rings. The van der Waals surface area contributed by atoms with Gasteiger partial charge in [0, 0.05) is 32.4 Å². The van der Waals surface area contributed by atoms with E-state index in [9.17, 15) is 4.79 Å². The molecule has 0 spiro atoms. The van der Waals surface area contributed by atoms with Crippen LogP contribution in [0.5, 0.6) is 0 Å². The van der Waals surface area contributed by atoms with Crippen LogP contribution in [0.4, 0.5) is 0 Å². The van der Waals surface area contributed by atoms with E-state index in [1.54, 1.807) is 6.20 Å². The van der Waals surface area contributed by atoms with Crippen LogP contribution < -0.4 is 0 Å². The van der Waals surface area contributed by atoms with Crippen LogP contribution in [0.1, 0.15) is 55.3 Å². The molecule has 0 unspecified atom stereocenters. The Balaban J connectivity index is 1.53. The third kappa shape index (κ3) is 3.74. The Hall–Kier alpha value is -2.28. The van der Waals surface area contributed by atoms with Crippen LogP contribution in [0, 0.1) is 19.8 Å². The van der Waals surface area contributed by atoms with Crippen molar-refractivity contribution in [2.75, 3.05) is 19.8 Å². The Morgan fingerprint density at radius 2 is 2.07 bits per heavy atom. The number of rotatable bonds is 4. The summed E-state index contributed by atoms with van der Waals surface area (Å²) in [6.45, 7) is 6.10. The molecule has 2 fully saturated rings. The van der Waals surface area contributed by atoms with Crippen LogP contribution in [-0.4, -0.2) is 45.7 Å². The molecule has 2 aliphatic heterocycles. The first-order valence-electron chi connectivity index (χ1n) is 9.77. The maximum absolute atomic E-state index is 12.9. The normalized spacial score (nSPS) is 21.0. The zero-order valence-corrected chi connectivity index (χ0v) is 16.0. The van der Waals surface area contributed by atoms with Crippen molar-refractivity contribution in [3.8, 4) is 11.4 Å². The lowest BCUT2D eigenvalue weighted by Crippen LogP contribution is -2.33. The van der Waals surface area contributed by atoms with Crippen molar-refractivity contribution in [2.45, 2.75) is 52.0 Å². The van der Waals surface area contributed by atoms with Crippen LogP contribution in [0.3, 0.4) is 0 Å². The van der Waals surface area contributed by atoms with E-state index in [0.717, 1.165) is 62.4 Å². The second-order valence-corrected chi connectivity index (χ2v) is 7.51. The summed E-state index contributed by atoms with van der Waals surface area (Å²) in [6.07, 6.45) is 6.29. The Labute approximate surface area is 159 Å². The van der Waals surface area contributed by atoms with Crippen LogP contribution >= 0.6 is 0 Å². The fourth-order valence-electron chi connectivity index (χ4n) is 4.17. The van der Waals surface area contributed by atoms with Crippen molar-refractivity contribution >= 4 is 5.91 Å². The molecule has 0 radical (unpaired) electrons. The predicted molar refractivity (Wildman–Crippen MR) is 98.9 cm³/mol. The number of likely N-dealkylation sites (tertiary alicyclic amines) is 1. The SMILES string of the molecule is Cc1noc(C)c1-c1nccc([C@@H]2CCCN2C(=O)CC2CCOCC2)n1. The minimum atomic E-state index is 0.0274. The van der Waals surface area contributed by atoms with Gasteiger partial charge in [0.1, 0.15) is 5.76 Å². The molecular formula is C20H26N4O3. The van der Waals surface area contributed by atoms with Crippen LogP contribution in [-0.2, 0) is 9.53 Å². The lowest BCUT2D eigenvalue weighted by atomic mass is 9.95. The fourth-order valence-corrected chi connectivity index (χ4v) is 4.17. The van der Waals surface area contributed by atoms with Crippen molar-refractivity contribution in [1.82, 2.24) is 20.0 Å². The summed E-state index contributed by atoms with van der Waals surface area (Å²) in [5.74, 6) is 2.01. The highest BCUT2D eigenvalue weighted by atomic mass is 16.5. The zero-order valence-electron chi connectivity index (χ0n) is 16.0. The van der Waals surface area contributed by atoms with Crippen molar-refractivity contribution in [3.63, 3.8) is 0 Å². The number of aromatic nitrogens is 3. The Morgan fingerprint density at radius 1 is 1.26 bits per heavy atom. The number of carbonyl (C=O) groups excluding carboxylic acids is 1. The van der Waals surface area contributed by atoms with E-state index >= 15 is 0 Å². The summed E-state index contributed by atoms with van der Waals surface area (Å²) in [4.78, 5) is 24.1. The minimum Gasteiger partial charge on any atom is -0.381 e. The number of aryl methyl sites for hydroxylation is 2. The second-order valence-electron chi connectivity index (χ2n) is 7.51. The van der Waals surface area contributed by atoms with E-state index in [1.807, 2.05) is 24.8 Å². The molecule has 4 rings (SSSR count). The second kappa shape index (κ2) is 7.76. The van der Waals surface area contributed by atoms with Gasteiger partial charge in [-0.15, -0.1) is 0 Å². The smallest absolute Gasteiger partial charge is 0.223 e. The van der Waals surface area contributed by atoms with Crippen LogP contribution in [0.25, 0.3) is 11.4 Å². The van der Waals surface area contributed by atoms with E-state index in [-0.39, 0.29) is 11.9 Å². The highest BCUT2D eigenvalue weighted by Gasteiger charge is 2.32. The maximum atomic E-state index is 12.9. The molecule has 0 aliphatic carbocycles. The fraction of sp³-hybridized carbons (Fsp3) is 0.600. The lowest BCUT2D eigenvalue weighted by Gasteiger charge is -2.28. The molecule has 2 saturated heterocycles.